The van der Waals surface area contributed by atoms with E-state index < -0.39 is 11.4 Å². The van der Waals surface area contributed by atoms with Crippen molar-refractivity contribution in [2.45, 2.75) is 64.9 Å². The first-order valence-electron chi connectivity index (χ1n) is 11.0. The predicted octanol–water partition coefficient (Wildman–Crippen LogP) is 2.64. The fraction of sp³-hybridized carbons (Fsp3) is 0.522. The molecule has 2 atom stereocenters. The number of nitriles is 1. The highest BCUT2D eigenvalue weighted by Crippen LogP contribution is 2.35. The molecule has 0 radical (unpaired) electrons. The number of pyridine rings is 1. The Kier molecular flexibility index (Phi) is 4.76. The highest BCUT2D eigenvalue weighted by atomic mass is 19.1. The van der Waals surface area contributed by atoms with Crippen LogP contribution in [-0.2, 0) is 19.5 Å². The lowest BCUT2D eigenvalue weighted by atomic mass is 9.95. The fourth-order valence-electron chi connectivity index (χ4n) is 5.15. The first kappa shape index (κ1) is 20.9. The van der Waals surface area contributed by atoms with Gasteiger partial charge in [-0.25, -0.2) is 8.91 Å². The van der Waals surface area contributed by atoms with Gasteiger partial charge in [0.1, 0.15) is 17.3 Å². The molecule has 0 aromatic carbocycles. The number of hydrogen-bond acceptors (Lipinski definition) is 6. The van der Waals surface area contributed by atoms with Crippen LogP contribution in [-0.4, -0.2) is 54.1 Å². The predicted molar refractivity (Wildman–Crippen MR) is 118 cm³/mol. The summed E-state index contributed by atoms with van der Waals surface area (Å²) in [5.41, 5.74) is 4.11. The summed E-state index contributed by atoms with van der Waals surface area (Å²) in [6, 6.07) is 6.00. The minimum atomic E-state index is -0.758. The lowest BCUT2D eigenvalue weighted by molar-refractivity contribution is 0.0161. The number of halogens is 1. The van der Waals surface area contributed by atoms with Gasteiger partial charge in [-0.2, -0.15) is 15.5 Å². The smallest absolute Gasteiger partial charge is 0.171 e. The quantitative estimate of drug-likeness (QED) is 0.678. The van der Waals surface area contributed by atoms with Crippen LogP contribution in [0.25, 0.3) is 5.52 Å². The van der Waals surface area contributed by atoms with E-state index in [1.54, 1.807) is 6.07 Å². The molecule has 0 amide bonds. The van der Waals surface area contributed by atoms with Gasteiger partial charge in [0.25, 0.3) is 0 Å². The summed E-state index contributed by atoms with van der Waals surface area (Å²) >= 11 is 0. The van der Waals surface area contributed by atoms with Crippen molar-refractivity contribution in [3.63, 3.8) is 0 Å². The summed E-state index contributed by atoms with van der Waals surface area (Å²) in [5.74, 6) is -0.429. The number of β-amino-alcohol motifs (C(OH)–C–C–N with tert-alkyl or cyclic N) is 1. The van der Waals surface area contributed by atoms with Gasteiger partial charge >= 0.3 is 0 Å². The fourth-order valence-corrected chi connectivity index (χ4v) is 5.15. The molecule has 3 aromatic rings. The summed E-state index contributed by atoms with van der Waals surface area (Å²) in [6.07, 6.45) is 2.03. The minimum Gasteiger partial charge on any atom is -0.389 e. The Balaban J connectivity index is 1.52. The van der Waals surface area contributed by atoms with E-state index in [0.717, 1.165) is 29.7 Å². The molecule has 0 bridgehead atoms. The van der Waals surface area contributed by atoms with Crippen LogP contribution in [0.15, 0.2) is 18.3 Å². The third kappa shape index (κ3) is 3.34. The van der Waals surface area contributed by atoms with E-state index in [9.17, 15) is 14.8 Å². The van der Waals surface area contributed by atoms with Crippen LogP contribution in [0, 0.1) is 17.1 Å². The number of anilines is 1. The van der Waals surface area contributed by atoms with Gasteiger partial charge in [0.15, 0.2) is 5.82 Å². The van der Waals surface area contributed by atoms with Crippen molar-refractivity contribution >= 4 is 11.2 Å². The molecule has 0 saturated heterocycles. The summed E-state index contributed by atoms with van der Waals surface area (Å²) < 4.78 is 18.2. The van der Waals surface area contributed by atoms with Crippen molar-refractivity contribution in [3.8, 4) is 6.07 Å². The van der Waals surface area contributed by atoms with Crippen LogP contribution >= 0.6 is 0 Å². The van der Waals surface area contributed by atoms with Crippen molar-refractivity contribution in [2.75, 3.05) is 18.0 Å². The molecule has 168 valence electrons. The number of aromatic nitrogens is 4. The van der Waals surface area contributed by atoms with Crippen molar-refractivity contribution in [3.05, 3.63) is 46.8 Å². The summed E-state index contributed by atoms with van der Waals surface area (Å²) in [6.45, 7) is 10.6. The van der Waals surface area contributed by atoms with Crippen molar-refractivity contribution in [2.24, 2.45) is 0 Å². The van der Waals surface area contributed by atoms with Gasteiger partial charge < -0.3 is 10.0 Å². The van der Waals surface area contributed by atoms with E-state index in [1.165, 1.54) is 10.1 Å². The maximum absolute atomic E-state index is 14.7. The average Bonchev–Trinajstić information content (AvgIpc) is 3.28. The normalized spacial score (nSPS) is 21.5. The zero-order valence-electron chi connectivity index (χ0n) is 18.9. The van der Waals surface area contributed by atoms with Crippen LogP contribution in [0.1, 0.15) is 56.4 Å². The molecular weight excluding hydrogens is 409 g/mol. The minimum absolute atomic E-state index is 0.115. The maximum atomic E-state index is 14.7. The van der Waals surface area contributed by atoms with Crippen molar-refractivity contribution in [1.29, 1.82) is 5.26 Å². The number of rotatable bonds is 3. The Bertz CT molecular complexity index is 1230. The van der Waals surface area contributed by atoms with Gasteiger partial charge in [-0.1, -0.05) is 0 Å². The molecule has 0 unspecified atom stereocenters. The van der Waals surface area contributed by atoms with E-state index in [2.05, 4.69) is 39.5 Å². The molecule has 8 nitrogen and oxygen atoms in total. The molecule has 0 fully saturated rings. The molecule has 5 rings (SSSR count). The summed E-state index contributed by atoms with van der Waals surface area (Å²) in [4.78, 5) is 4.45. The molecule has 0 spiro atoms. The van der Waals surface area contributed by atoms with Gasteiger partial charge in [-0.05, 0) is 46.2 Å². The second kappa shape index (κ2) is 7.29. The molecule has 1 N–H and O–H groups in total. The van der Waals surface area contributed by atoms with E-state index in [-0.39, 0.29) is 6.04 Å². The third-order valence-corrected chi connectivity index (χ3v) is 6.56. The Hall–Kier alpha value is -2.96. The second-order valence-corrected chi connectivity index (χ2v) is 9.79. The van der Waals surface area contributed by atoms with Gasteiger partial charge in [-0.15, -0.1) is 0 Å². The zero-order valence-corrected chi connectivity index (χ0v) is 18.9. The second-order valence-electron chi connectivity index (χ2n) is 9.79. The van der Waals surface area contributed by atoms with Crippen LogP contribution in [0.4, 0.5) is 10.1 Å². The van der Waals surface area contributed by atoms with Gasteiger partial charge in [0, 0.05) is 31.2 Å². The number of hydrogen-bond donors (Lipinski definition) is 1. The highest BCUT2D eigenvalue weighted by molar-refractivity contribution is 5.75. The number of aliphatic hydroxyl groups is 1. The van der Waals surface area contributed by atoms with E-state index in [1.807, 2.05) is 19.9 Å². The average molecular weight is 438 g/mol. The maximum Gasteiger partial charge on any atom is 0.171 e. The van der Waals surface area contributed by atoms with E-state index in [0.29, 0.717) is 43.4 Å². The molecule has 2 aliphatic rings. The first-order valence-corrected chi connectivity index (χ1v) is 11.0. The summed E-state index contributed by atoms with van der Waals surface area (Å²) in [7, 11) is 0. The number of fused-ring (bicyclic) bond motifs is 4. The molecule has 5 heterocycles. The molecule has 0 aliphatic carbocycles. The Morgan fingerprint density at radius 3 is 2.75 bits per heavy atom. The molecule has 2 aliphatic heterocycles. The Morgan fingerprint density at radius 1 is 1.25 bits per heavy atom. The van der Waals surface area contributed by atoms with Crippen LogP contribution < -0.4 is 4.90 Å². The Labute approximate surface area is 186 Å². The summed E-state index contributed by atoms with van der Waals surface area (Å²) in [5, 5.41) is 28.7. The number of nitrogens with zero attached hydrogens (tertiary/aromatic N) is 7. The monoisotopic (exact) mass is 437 g/mol. The van der Waals surface area contributed by atoms with E-state index >= 15 is 0 Å². The molecule has 32 heavy (non-hydrogen) atoms. The van der Waals surface area contributed by atoms with Crippen LogP contribution in [0.5, 0.6) is 0 Å². The third-order valence-electron chi connectivity index (χ3n) is 6.56. The first-order chi connectivity index (χ1) is 15.2. The molecular formula is C23H28FN7O. The van der Waals surface area contributed by atoms with Gasteiger partial charge in [0.05, 0.1) is 41.5 Å². The lowest BCUT2D eigenvalue weighted by Crippen LogP contribution is -2.46. The van der Waals surface area contributed by atoms with Gasteiger partial charge in [-0.3, -0.25) is 9.58 Å². The largest absolute Gasteiger partial charge is 0.389 e. The van der Waals surface area contributed by atoms with Crippen molar-refractivity contribution < 1.29 is 9.50 Å². The topological polar surface area (TPSA) is 85.6 Å². The molecule has 0 saturated carbocycles. The SMILES string of the molecule is C[C@@H]1CN(c2ccc(C#N)n3ncc(F)c23)Cc2c3c(nn21)CN(CC(C)(C)O)[C@@H](C)C3. The Morgan fingerprint density at radius 2 is 2.03 bits per heavy atom. The molecule has 3 aromatic heterocycles. The van der Waals surface area contributed by atoms with Crippen LogP contribution in [0.3, 0.4) is 0 Å². The highest BCUT2D eigenvalue weighted by Gasteiger charge is 2.35. The molecule has 9 heteroatoms. The van der Waals surface area contributed by atoms with Crippen LogP contribution in [0.2, 0.25) is 0 Å². The lowest BCUT2D eigenvalue weighted by Gasteiger charge is -2.37. The van der Waals surface area contributed by atoms with Crippen molar-refractivity contribution in [1.82, 2.24) is 24.3 Å². The zero-order chi connectivity index (χ0) is 22.8. The van der Waals surface area contributed by atoms with Gasteiger partial charge in [0.2, 0.25) is 0 Å². The van der Waals surface area contributed by atoms with E-state index in [4.69, 9.17) is 5.10 Å². The standard InChI is InChI=1S/C23H28FN7O/c1-14-7-17-19(11-29(14)13-23(3,4)32)27-30-15(2)10-28(12-21(17)30)20-6-5-16(8-25)31-22(20)18(24)9-26-31/h5-6,9,14-15,32H,7,10-13H2,1-4H3/t14-,15+/m0/s1.